The Kier molecular flexibility index (Phi) is 5.45. The van der Waals surface area contributed by atoms with Crippen molar-refractivity contribution in [3.63, 3.8) is 0 Å². The van der Waals surface area contributed by atoms with Crippen molar-refractivity contribution in [2.75, 3.05) is 30.1 Å². The molecule has 0 saturated carbocycles. The average molecular weight is 345 g/mol. The van der Waals surface area contributed by atoms with Crippen molar-refractivity contribution in [2.24, 2.45) is 0 Å². The van der Waals surface area contributed by atoms with Crippen LogP contribution in [0.4, 0.5) is 0 Å². The van der Waals surface area contributed by atoms with Crippen molar-refractivity contribution in [1.82, 2.24) is 0 Å². The van der Waals surface area contributed by atoms with Gasteiger partial charge in [-0.05, 0) is 42.0 Å². The van der Waals surface area contributed by atoms with Crippen LogP contribution in [0.3, 0.4) is 0 Å². The minimum Gasteiger partial charge on any atom is -0.497 e. The Morgan fingerprint density at radius 2 is 1.70 bits per heavy atom. The van der Waals surface area contributed by atoms with Crippen molar-refractivity contribution in [3.8, 4) is 5.75 Å². The smallest absolute Gasteiger partial charge is 0.118 e. The Morgan fingerprint density at radius 3 is 2.30 bits per heavy atom. The lowest BCUT2D eigenvalue weighted by molar-refractivity contribution is 0.414. The lowest BCUT2D eigenvalue weighted by Gasteiger charge is -2.38. The van der Waals surface area contributed by atoms with E-state index in [1.807, 2.05) is 0 Å². The number of benzene rings is 1. The maximum absolute atomic E-state index is 5.30. The van der Waals surface area contributed by atoms with Gasteiger partial charge in [0.25, 0.3) is 0 Å². The predicted molar refractivity (Wildman–Crippen MR) is 97.5 cm³/mol. The first-order valence-corrected chi connectivity index (χ1v) is 11.0. The summed E-state index contributed by atoms with van der Waals surface area (Å²) >= 11 is 8.62. The third kappa shape index (κ3) is 3.42. The zero-order valence-electron chi connectivity index (χ0n) is 11.7. The van der Waals surface area contributed by atoms with Gasteiger partial charge in [0.1, 0.15) is 5.75 Å². The fourth-order valence-electron chi connectivity index (χ4n) is 2.57. The summed E-state index contributed by atoms with van der Waals surface area (Å²) in [7, 11) is 1.74. The summed E-state index contributed by atoms with van der Waals surface area (Å²) in [5.74, 6) is 6.19. The van der Waals surface area contributed by atoms with Gasteiger partial charge in [0.15, 0.2) is 0 Å². The van der Waals surface area contributed by atoms with E-state index in [-0.39, 0.29) is 4.08 Å². The molecule has 0 bridgehead atoms. The lowest BCUT2D eigenvalue weighted by atomic mass is 10.1. The molecular weight excluding hydrogens is 324 g/mol. The van der Waals surface area contributed by atoms with Crippen LogP contribution in [0.1, 0.15) is 18.4 Å². The zero-order valence-corrected chi connectivity index (χ0v) is 14.9. The van der Waals surface area contributed by atoms with Crippen molar-refractivity contribution < 1.29 is 4.74 Å². The number of ether oxygens (including phenoxy) is 1. The molecule has 0 unspecified atom stereocenters. The largest absolute Gasteiger partial charge is 0.497 e. The summed E-state index contributed by atoms with van der Waals surface area (Å²) in [5.41, 5.74) is 1.47. The van der Waals surface area contributed by atoms with E-state index in [9.17, 15) is 0 Å². The van der Waals surface area contributed by atoms with Gasteiger partial charge in [0.05, 0.1) is 15.8 Å². The molecule has 2 fully saturated rings. The van der Waals surface area contributed by atoms with Gasteiger partial charge in [0, 0.05) is 11.5 Å². The van der Waals surface area contributed by atoms with Gasteiger partial charge in [-0.25, -0.2) is 0 Å². The first-order chi connectivity index (χ1) is 9.82. The van der Waals surface area contributed by atoms with Crippen LogP contribution in [0, 0.1) is 0 Å². The topological polar surface area (TPSA) is 9.23 Å². The number of thioether (sulfide) groups is 4. The second-order valence-electron chi connectivity index (χ2n) is 4.91. The molecule has 20 heavy (non-hydrogen) atoms. The maximum Gasteiger partial charge on any atom is 0.118 e. The number of methoxy groups -OCH3 is 1. The zero-order chi connectivity index (χ0) is 13.8. The van der Waals surface area contributed by atoms with Crippen LogP contribution >= 0.6 is 47.0 Å². The summed E-state index contributed by atoms with van der Waals surface area (Å²) in [6.45, 7) is 0. The highest BCUT2D eigenvalue weighted by Crippen LogP contribution is 2.56. The summed E-state index contributed by atoms with van der Waals surface area (Å²) in [5, 5.41) is 0. The molecule has 0 amide bonds. The Labute approximate surface area is 138 Å². The second kappa shape index (κ2) is 7.12. The third-order valence-electron chi connectivity index (χ3n) is 3.62. The van der Waals surface area contributed by atoms with Crippen LogP contribution in [0.5, 0.6) is 5.75 Å². The molecule has 2 heterocycles. The summed E-state index contributed by atoms with van der Waals surface area (Å²) in [6, 6.07) is 8.77. The molecule has 2 saturated heterocycles. The molecule has 0 radical (unpaired) electrons. The highest BCUT2D eigenvalue weighted by Gasteiger charge is 2.39. The summed E-state index contributed by atoms with van der Waals surface area (Å²) < 4.78 is 6.34. The van der Waals surface area contributed by atoms with Crippen molar-refractivity contribution in [2.45, 2.75) is 21.5 Å². The fourth-order valence-corrected chi connectivity index (χ4v) is 9.41. The molecule has 3 rings (SSSR count). The molecule has 1 aromatic carbocycles. The van der Waals surface area contributed by atoms with Gasteiger partial charge in [-0.15, -0.1) is 47.0 Å². The van der Waals surface area contributed by atoms with Gasteiger partial charge >= 0.3 is 0 Å². The standard InChI is InChI=1S/C15H20OS4/c1-16-13-5-3-12(4-6-13)15(19-7-2-8-20-15)11-14-17-9-10-18-14/h3-6,14H,2,7-11H2,1H3. The van der Waals surface area contributed by atoms with E-state index in [0.717, 1.165) is 10.3 Å². The second-order valence-corrected chi connectivity index (χ2v) is 10.9. The van der Waals surface area contributed by atoms with E-state index in [2.05, 4.69) is 71.3 Å². The number of hydrogen-bond acceptors (Lipinski definition) is 5. The Bertz CT molecular complexity index is 422. The van der Waals surface area contributed by atoms with Crippen LogP contribution in [-0.4, -0.2) is 34.7 Å². The van der Waals surface area contributed by atoms with Crippen LogP contribution in [0.15, 0.2) is 24.3 Å². The average Bonchev–Trinajstić information content (AvgIpc) is 3.01. The van der Waals surface area contributed by atoms with Gasteiger partial charge in [0.2, 0.25) is 0 Å². The fraction of sp³-hybridized carbons (Fsp3) is 0.600. The first kappa shape index (κ1) is 15.3. The van der Waals surface area contributed by atoms with E-state index in [1.54, 1.807) is 7.11 Å². The molecular formula is C15H20OS4. The maximum atomic E-state index is 5.30. The lowest BCUT2D eigenvalue weighted by Crippen LogP contribution is -2.25. The monoisotopic (exact) mass is 344 g/mol. The van der Waals surface area contributed by atoms with Crippen LogP contribution in [0.25, 0.3) is 0 Å². The van der Waals surface area contributed by atoms with E-state index in [0.29, 0.717) is 0 Å². The van der Waals surface area contributed by atoms with Crippen molar-refractivity contribution >= 4 is 47.0 Å². The molecule has 5 heteroatoms. The van der Waals surface area contributed by atoms with Crippen molar-refractivity contribution in [3.05, 3.63) is 29.8 Å². The van der Waals surface area contributed by atoms with Gasteiger partial charge in [-0.2, -0.15) is 0 Å². The molecule has 1 nitrogen and oxygen atoms in total. The third-order valence-corrected chi connectivity index (χ3v) is 10.1. The molecule has 0 aliphatic carbocycles. The molecule has 110 valence electrons. The highest BCUT2D eigenvalue weighted by molar-refractivity contribution is 8.20. The molecule has 0 N–H and O–H groups in total. The van der Waals surface area contributed by atoms with E-state index in [1.165, 1.54) is 41.4 Å². The summed E-state index contributed by atoms with van der Waals surface area (Å²) in [4.78, 5) is 0. The van der Waals surface area contributed by atoms with Gasteiger partial charge < -0.3 is 4.74 Å². The van der Waals surface area contributed by atoms with E-state index >= 15 is 0 Å². The molecule has 1 aromatic rings. The Morgan fingerprint density at radius 1 is 1.05 bits per heavy atom. The highest BCUT2D eigenvalue weighted by atomic mass is 32.2. The minimum absolute atomic E-state index is 0.263. The van der Waals surface area contributed by atoms with E-state index < -0.39 is 0 Å². The predicted octanol–water partition coefficient (Wildman–Crippen LogP) is 4.91. The molecule has 0 atom stereocenters. The van der Waals surface area contributed by atoms with Crippen molar-refractivity contribution in [1.29, 1.82) is 0 Å². The van der Waals surface area contributed by atoms with Gasteiger partial charge in [-0.3, -0.25) is 0 Å². The van der Waals surface area contributed by atoms with Crippen LogP contribution in [-0.2, 0) is 4.08 Å². The molecule has 0 spiro atoms. The first-order valence-electron chi connectivity index (χ1n) is 6.98. The van der Waals surface area contributed by atoms with E-state index in [4.69, 9.17) is 4.74 Å². The number of rotatable bonds is 4. The molecule has 0 aromatic heterocycles. The quantitative estimate of drug-likeness (QED) is 0.765. The van der Waals surface area contributed by atoms with Gasteiger partial charge in [-0.1, -0.05) is 12.1 Å². The van der Waals surface area contributed by atoms with Crippen LogP contribution < -0.4 is 4.74 Å². The SMILES string of the molecule is COc1ccc(C2(CC3SCCS3)SCCCS2)cc1. The molecule has 2 aliphatic heterocycles. The normalized spacial score (nSPS) is 22.9. The Balaban J connectivity index is 1.83. The molecule has 2 aliphatic rings. The summed E-state index contributed by atoms with van der Waals surface area (Å²) in [6.07, 6.45) is 2.63. The number of hydrogen-bond donors (Lipinski definition) is 0. The van der Waals surface area contributed by atoms with Crippen LogP contribution in [0.2, 0.25) is 0 Å². The minimum atomic E-state index is 0.263. The Hall–Kier alpha value is 0.420.